The Labute approximate surface area is 137 Å². The van der Waals surface area contributed by atoms with Gasteiger partial charge in [-0.2, -0.15) is 5.10 Å². The van der Waals surface area contributed by atoms with Crippen molar-refractivity contribution in [1.82, 2.24) is 24.6 Å². The zero-order valence-electron chi connectivity index (χ0n) is 14.1. The van der Waals surface area contributed by atoms with Crippen molar-refractivity contribution in [3.63, 3.8) is 0 Å². The van der Waals surface area contributed by atoms with Crippen molar-refractivity contribution in [3.05, 3.63) is 36.7 Å². The predicted molar refractivity (Wildman–Crippen MR) is 89.1 cm³/mol. The Morgan fingerprint density at radius 3 is 3.09 bits per heavy atom. The Hall–Kier alpha value is -1.66. The highest BCUT2D eigenvalue weighted by molar-refractivity contribution is 5.02. The number of hydrogen-bond donors (Lipinski definition) is 1. The summed E-state index contributed by atoms with van der Waals surface area (Å²) in [6.07, 6.45) is 11.1. The van der Waals surface area contributed by atoms with Crippen LogP contribution >= 0.6 is 0 Å². The lowest BCUT2D eigenvalue weighted by atomic mass is 10.00. The number of aryl methyl sites for hydroxylation is 2. The average molecular weight is 317 g/mol. The molecular formula is C17H27N5O. The van der Waals surface area contributed by atoms with Gasteiger partial charge >= 0.3 is 0 Å². The van der Waals surface area contributed by atoms with E-state index in [2.05, 4.69) is 33.8 Å². The predicted octanol–water partition coefficient (Wildman–Crippen LogP) is 2.39. The van der Waals surface area contributed by atoms with Crippen LogP contribution in [0.4, 0.5) is 0 Å². The van der Waals surface area contributed by atoms with E-state index in [1.165, 1.54) is 0 Å². The van der Waals surface area contributed by atoms with Crippen molar-refractivity contribution in [3.8, 4) is 0 Å². The fourth-order valence-corrected chi connectivity index (χ4v) is 3.26. The van der Waals surface area contributed by atoms with Crippen molar-refractivity contribution in [2.45, 2.75) is 64.4 Å². The summed E-state index contributed by atoms with van der Waals surface area (Å²) >= 11 is 0. The molecule has 1 unspecified atom stereocenters. The lowest BCUT2D eigenvalue weighted by Crippen LogP contribution is -2.45. The topological polar surface area (TPSA) is 56.9 Å². The molecule has 1 fully saturated rings. The summed E-state index contributed by atoms with van der Waals surface area (Å²) in [5.74, 6) is 1.05. The SMILES string of the molecule is CCn1ccnc1[C@H]1OCCC[C@@H]1NC(C)CCn1cccn1. The third-order valence-corrected chi connectivity index (χ3v) is 4.51. The molecule has 1 aliphatic rings. The van der Waals surface area contributed by atoms with Gasteiger partial charge in [0.2, 0.25) is 0 Å². The van der Waals surface area contributed by atoms with Crippen LogP contribution in [-0.4, -0.2) is 38.0 Å². The van der Waals surface area contributed by atoms with Gasteiger partial charge in [0.15, 0.2) is 0 Å². The van der Waals surface area contributed by atoms with Gasteiger partial charge in [0.1, 0.15) is 11.9 Å². The highest BCUT2D eigenvalue weighted by Crippen LogP contribution is 2.28. The number of nitrogens with one attached hydrogen (secondary N) is 1. The first-order valence-electron chi connectivity index (χ1n) is 8.64. The van der Waals surface area contributed by atoms with E-state index in [0.717, 1.165) is 44.8 Å². The van der Waals surface area contributed by atoms with Crippen LogP contribution in [-0.2, 0) is 17.8 Å². The zero-order chi connectivity index (χ0) is 16.1. The third-order valence-electron chi connectivity index (χ3n) is 4.51. The van der Waals surface area contributed by atoms with Crippen molar-refractivity contribution >= 4 is 0 Å². The molecule has 0 aromatic carbocycles. The first-order chi connectivity index (χ1) is 11.3. The number of imidazole rings is 1. The minimum absolute atomic E-state index is 0.0471. The molecule has 2 aromatic rings. The van der Waals surface area contributed by atoms with Gasteiger partial charge in [-0.1, -0.05) is 0 Å². The minimum Gasteiger partial charge on any atom is -0.369 e. The fourth-order valence-electron chi connectivity index (χ4n) is 3.26. The summed E-state index contributed by atoms with van der Waals surface area (Å²) < 4.78 is 10.2. The summed E-state index contributed by atoms with van der Waals surface area (Å²) in [4.78, 5) is 4.54. The molecule has 0 radical (unpaired) electrons. The Balaban J connectivity index is 1.60. The quantitative estimate of drug-likeness (QED) is 0.852. The third kappa shape index (κ3) is 4.00. The molecule has 0 spiro atoms. The number of rotatable bonds is 7. The van der Waals surface area contributed by atoms with E-state index < -0.39 is 0 Å². The number of nitrogens with zero attached hydrogens (tertiary/aromatic N) is 4. The van der Waals surface area contributed by atoms with Gasteiger partial charge in [0.25, 0.3) is 0 Å². The maximum Gasteiger partial charge on any atom is 0.139 e. The van der Waals surface area contributed by atoms with E-state index >= 15 is 0 Å². The highest BCUT2D eigenvalue weighted by atomic mass is 16.5. The van der Waals surface area contributed by atoms with Crippen molar-refractivity contribution < 1.29 is 4.74 Å². The van der Waals surface area contributed by atoms with Crippen LogP contribution in [0, 0.1) is 0 Å². The van der Waals surface area contributed by atoms with Gasteiger partial charge in [0.05, 0.1) is 0 Å². The Kier molecular flexibility index (Phi) is 5.46. The molecule has 0 saturated carbocycles. The summed E-state index contributed by atoms with van der Waals surface area (Å²) in [7, 11) is 0. The van der Waals surface area contributed by atoms with E-state index in [1.54, 1.807) is 0 Å². The number of aromatic nitrogens is 4. The maximum atomic E-state index is 6.07. The molecule has 6 nitrogen and oxygen atoms in total. The van der Waals surface area contributed by atoms with Crippen LogP contribution in [0.5, 0.6) is 0 Å². The molecule has 2 aromatic heterocycles. The molecule has 3 heterocycles. The Bertz CT molecular complexity index is 580. The van der Waals surface area contributed by atoms with Crippen LogP contribution in [0.1, 0.15) is 45.0 Å². The molecule has 1 saturated heterocycles. The highest BCUT2D eigenvalue weighted by Gasteiger charge is 2.31. The molecule has 0 amide bonds. The number of hydrogen-bond acceptors (Lipinski definition) is 4. The fraction of sp³-hybridized carbons (Fsp3) is 0.647. The Morgan fingerprint density at radius 2 is 2.30 bits per heavy atom. The monoisotopic (exact) mass is 317 g/mol. The first-order valence-corrected chi connectivity index (χ1v) is 8.64. The number of ether oxygens (including phenoxy) is 1. The molecule has 3 atom stereocenters. The van der Waals surface area contributed by atoms with E-state index in [9.17, 15) is 0 Å². The summed E-state index contributed by atoms with van der Waals surface area (Å²) in [6, 6.07) is 2.70. The average Bonchev–Trinajstić information content (AvgIpc) is 3.24. The van der Waals surface area contributed by atoms with Crippen molar-refractivity contribution in [1.29, 1.82) is 0 Å². The van der Waals surface area contributed by atoms with Crippen LogP contribution < -0.4 is 5.32 Å². The lowest BCUT2D eigenvalue weighted by molar-refractivity contribution is -0.0206. The summed E-state index contributed by atoms with van der Waals surface area (Å²) in [5, 5.41) is 8.02. The molecule has 6 heteroatoms. The largest absolute Gasteiger partial charge is 0.369 e. The van der Waals surface area contributed by atoms with E-state index in [-0.39, 0.29) is 6.10 Å². The van der Waals surface area contributed by atoms with Crippen LogP contribution in [0.15, 0.2) is 30.9 Å². The molecule has 126 valence electrons. The molecule has 1 aliphatic heterocycles. The first kappa shape index (κ1) is 16.2. The Morgan fingerprint density at radius 1 is 1.39 bits per heavy atom. The molecule has 3 rings (SSSR count). The van der Waals surface area contributed by atoms with E-state index in [0.29, 0.717) is 12.1 Å². The van der Waals surface area contributed by atoms with Gasteiger partial charge in [-0.15, -0.1) is 0 Å². The molecule has 0 bridgehead atoms. The normalized spacial score (nSPS) is 23.0. The van der Waals surface area contributed by atoms with Crippen LogP contribution in [0.3, 0.4) is 0 Å². The maximum absolute atomic E-state index is 6.07. The molecule has 1 N–H and O–H groups in total. The van der Waals surface area contributed by atoms with Gasteiger partial charge in [-0.25, -0.2) is 4.98 Å². The molecular weight excluding hydrogens is 290 g/mol. The lowest BCUT2D eigenvalue weighted by Gasteiger charge is -2.34. The smallest absolute Gasteiger partial charge is 0.139 e. The second-order valence-corrected chi connectivity index (χ2v) is 6.24. The second kappa shape index (κ2) is 7.75. The van der Waals surface area contributed by atoms with E-state index in [1.807, 2.05) is 35.5 Å². The van der Waals surface area contributed by atoms with Gasteiger partial charge in [0, 0.05) is 56.6 Å². The minimum atomic E-state index is 0.0471. The molecule has 0 aliphatic carbocycles. The summed E-state index contributed by atoms with van der Waals surface area (Å²) in [6.45, 7) is 7.06. The van der Waals surface area contributed by atoms with Crippen molar-refractivity contribution in [2.75, 3.05) is 6.61 Å². The van der Waals surface area contributed by atoms with Gasteiger partial charge in [-0.05, 0) is 39.2 Å². The van der Waals surface area contributed by atoms with Crippen LogP contribution in [0.25, 0.3) is 0 Å². The van der Waals surface area contributed by atoms with Gasteiger partial charge in [-0.3, -0.25) is 4.68 Å². The zero-order valence-corrected chi connectivity index (χ0v) is 14.1. The van der Waals surface area contributed by atoms with Crippen LogP contribution in [0.2, 0.25) is 0 Å². The van der Waals surface area contributed by atoms with E-state index in [4.69, 9.17) is 4.74 Å². The molecule has 23 heavy (non-hydrogen) atoms. The van der Waals surface area contributed by atoms with Gasteiger partial charge < -0.3 is 14.6 Å². The summed E-state index contributed by atoms with van der Waals surface area (Å²) in [5.41, 5.74) is 0. The second-order valence-electron chi connectivity index (χ2n) is 6.24. The standard InChI is InChI=1S/C17H27N5O/c1-3-21-12-9-18-17(21)16-15(6-4-13-23-16)20-14(2)7-11-22-10-5-8-19-22/h5,8-10,12,14-16,20H,3-4,6-7,11,13H2,1-2H3/t14?,15-,16-/m0/s1. The van der Waals surface area contributed by atoms with Crippen molar-refractivity contribution in [2.24, 2.45) is 0 Å².